The molecule has 15 heavy (non-hydrogen) atoms. The molecule has 0 bridgehead atoms. The van der Waals surface area contributed by atoms with Crippen molar-refractivity contribution < 1.29 is 9.90 Å². The second kappa shape index (κ2) is 3.09. The highest BCUT2D eigenvalue weighted by atomic mass is 16.3. The number of amides is 1. The molecule has 2 rings (SSSR count). The van der Waals surface area contributed by atoms with Gasteiger partial charge in [0.2, 0.25) is 5.88 Å². The maximum absolute atomic E-state index is 11.7. The average molecular weight is 205 g/mol. The molecule has 3 N–H and O–H groups in total. The lowest BCUT2D eigenvalue weighted by Gasteiger charge is -2.02. The van der Waals surface area contributed by atoms with Gasteiger partial charge in [0.25, 0.3) is 11.5 Å². The van der Waals surface area contributed by atoms with E-state index in [9.17, 15) is 14.7 Å². The lowest BCUT2D eigenvalue weighted by Crippen LogP contribution is -2.27. The monoisotopic (exact) mass is 205 g/mol. The number of nitrogens with two attached hydrogens (primary N) is 1. The number of primary amides is 1. The second-order valence-electron chi connectivity index (χ2n) is 2.91. The van der Waals surface area contributed by atoms with Crippen LogP contribution in [0.5, 0.6) is 5.88 Å². The molecule has 0 aliphatic rings. The van der Waals surface area contributed by atoms with E-state index in [-0.39, 0.29) is 5.65 Å². The number of carbonyl (C=O) groups is 1. The first-order valence-corrected chi connectivity index (χ1v) is 4.11. The third kappa shape index (κ3) is 1.32. The quantitative estimate of drug-likeness (QED) is 0.655. The molecular weight excluding hydrogens is 198 g/mol. The van der Waals surface area contributed by atoms with E-state index in [1.54, 1.807) is 12.1 Å². The fourth-order valence-electron chi connectivity index (χ4n) is 1.29. The van der Waals surface area contributed by atoms with Gasteiger partial charge < -0.3 is 10.8 Å². The van der Waals surface area contributed by atoms with E-state index in [0.717, 1.165) is 4.40 Å². The first-order valence-electron chi connectivity index (χ1n) is 4.11. The molecule has 0 aliphatic heterocycles. The maximum atomic E-state index is 11.7. The predicted octanol–water partition coefficient (Wildman–Crippen LogP) is -0.501. The maximum Gasteiger partial charge on any atom is 0.274 e. The summed E-state index contributed by atoms with van der Waals surface area (Å²) in [5, 5.41) is 9.33. The van der Waals surface area contributed by atoms with Gasteiger partial charge >= 0.3 is 0 Å². The Morgan fingerprint density at radius 2 is 2.20 bits per heavy atom. The van der Waals surface area contributed by atoms with Gasteiger partial charge in [-0.1, -0.05) is 6.07 Å². The molecule has 0 aliphatic carbocycles. The summed E-state index contributed by atoms with van der Waals surface area (Å²) in [4.78, 5) is 26.2. The summed E-state index contributed by atoms with van der Waals surface area (Å²) < 4.78 is 1.14. The van der Waals surface area contributed by atoms with E-state index in [2.05, 4.69) is 4.98 Å². The molecule has 0 aromatic carbocycles. The van der Waals surface area contributed by atoms with Crippen LogP contribution in [0.3, 0.4) is 0 Å². The van der Waals surface area contributed by atoms with Crippen LogP contribution >= 0.6 is 0 Å². The third-order valence-corrected chi connectivity index (χ3v) is 1.96. The number of rotatable bonds is 1. The van der Waals surface area contributed by atoms with E-state index in [0.29, 0.717) is 0 Å². The Bertz CT molecular complexity index is 603. The Morgan fingerprint density at radius 3 is 2.87 bits per heavy atom. The molecule has 0 saturated heterocycles. The Balaban J connectivity index is 2.97. The number of hydrogen-bond donors (Lipinski definition) is 2. The van der Waals surface area contributed by atoms with Crippen LogP contribution in [-0.2, 0) is 0 Å². The molecule has 0 saturated carbocycles. The Hall–Kier alpha value is -2.37. The Morgan fingerprint density at radius 1 is 1.47 bits per heavy atom. The highest BCUT2D eigenvalue weighted by Gasteiger charge is 2.16. The molecule has 76 valence electrons. The van der Waals surface area contributed by atoms with Crippen molar-refractivity contribution in [2.75, 3.05) is 0 Å². The van der Waals surface area contributed by atoms with Crippen LogP contribution in [0, 0.1) is 0 Å². The van der Waals surface area contributed by atoms with Gasteiger partial charge in [-0.3, -0.25) is 14.0 Å². The normalized spacial score (nSPS) is 10.4. The van der Waals surface area contributed by atoms with E-state index >= 15 is 0 Å². The van der Waals surface area contributed by atoms with Gasteiger partial charge in [0.05, 0.1) is 0 Å². The minimum atomic E-state index is -0.997. The van der Waals surface area contributed by atoms with Crippen LogP contribution in [0.4, 0.5) is 0 Å². The summed E-state index contributed by atoms with van der Waals surface area (Å²) in [5.41, 5.74) is 4.03. The van der Waals surface area contributed by atoms with Gasteiger partial charge in [-0.05, 0) is 12.1 Å². The van der Waals surface area contributed by atoms with Gasteiger partial charge in [0.15, 0.2) is 5.56 Å². The van der Waals surface area contributed by atoms with E-state index in [1.165, 1.54) is 12.3 Å². The van der Waals surface area contributed by atoms with Gasteiger partial charge in [-0.25, -0.2) is 0 Å². The summed E-state index contributed by atoms with van der Waals surface area (Å²) >= 11 is 0. The van der Waals surface area contributed by atoms with Crippen LogP contribution in [0.2, 0.25) is 0 Å². The molecule has 2 heterocycles. The molecule has 0 fully saturated rings. The number of fused-ring (bicyclic) bond motifs is 1. The van der Waals surface area contributed by atoms with Crippen molar-refractivity contribution in [3.05, 3.63) is 40.3 Å². The first kappa shape index (κ1) is 9.20. The number of aromatic nitrogens is 2. The average Bonchev–Trinajstić information content (AvgIpc) is 2.17. The molecule has 2 aromatic rings. The summed E-state index contributed by atoms with van der Waals surface area (Å²) in [6, 6.07) is 4.80. The van der Waals surface area contributed by atoms with Crippen LogP contribution in [0.25, 0.3) is 5.65 Å². The van der Waals surface area contributed by atoms with Crippen LogP contribution in [0.15, 0.2) is 29.2 Å². The molecule has 0 radical (unpaired) electrons. The first-order chi connectivity index (χ1) is 7.11. The lowest BCUT2D eigenvalue weighted by molar-refractivity contribution is 0.0995. The third-order valence-electron chi connectivity index (χ3n) is 1.96. The summed E-state index contributed by atoms with van der Waals surface area (Å²) in [6.07, 6.45) is 1.44. The number of aromatic hydroxyl groups is 1. The van der Waals surface area contributed by atoms with Crippen molar-refractivity contribution in [1.82, 2.24) is 9.38 Å². The SMILES string of the molecule is NC(=O)c1c(O)nc2ccccn2c1=O. The van der Waals surface area contributed by atoms with Gasteiger partial charge in [0.1, 0.15) is 5.65 Å². The van der Waals surface area contributed by atoms with Gasteiger partial charge in [-0.15, -0.1) is 0 Å². The fourth-order valence-corrected chi connectivity index (χ4v) is 1.29. The smallest absolute Gasteiger partial charge is 0.274 e. The predicted molar refractivity (Wildman–Crippen MR) is 51.6 cm³/mol. The molecule has 1 amide bonds. The summed E-state index contributed by atoms with van der Waals surface area (Å²) in [7, 11) is 0. The minimum Gasteiger partial charge on any atom is -0.493 e. The number of carbonyl (C=O) groups excluding carboxylic acids is 1. The van der Waals surface area contributed by atoms with Gasteiger partial charge in [-0.2, -0.15) is 4.98 Å². The number of nitrogens with zero attached hydrogens (tertiary/aromatic N) is 2. The van der Waals surface area contributed by atoms with Crippen molar-refractivity contribution >= 4 is 11.6 Å². The number of hydrogen-bond acceptors (Lipinski definition) is 4. The zero-order chi connectivity index (χ0) is 11.0. The number of pyridine rings is 1. The summed E-state index contributed by atoms with van der Waals surface area (Å²) in [6.45, 7) is 0. The zero-order valence-corrected chi connectivity index (χ0v) is 7.54. The van der Waals surface area contributed by atoms with Crippen molar-refractivity contribution in [2.24, 2.45) is 5.73 Å². The standard InChI is InChI=1S/C9H7N3O3/c10-7(13)6-8(14)11-5-3-1-2-4-12(5)9(6)15/h1-4,14H,(H2,10,13). The van der Waals surface area contributed by atoms with Crippen LogP contribution < -0.4 is 11.3 Å². The van der Waals surface area contributed by atoms with Crippen molar-refractivity contribution in [2.45, 2.75) is 0 Å². The van der Waals surface area contributed by atoms with E-state index in [1.807, 2.05) is 0 Å². The topological polar surface area (TPSA) is 97.7 Å². The van der Waals surface area contributed by atoms with E-state index < -0.39 is 22.9 Å². The highest BCUT2D eigenvalue weighted by Crippen LogP contribution is 2.09. The van der Waals surface area contributed by atoms with Crippen molar-refractivity contribution in [1.29, 1.82) is 0 Å². The highest BCUT2D eigenvalue weighted by molar-refractivity contribution is 5.94. The summed E-state index contributed by atoms with van der Waals surface area (Å²) in [5.74, 6) is -1.64. The van der Waals surface area contributed by atoms with Crippen LogP contribution in [0.1, 0.15) is 10.4 Å². The lowest BCUT2D eigenvalue weighted by atomic mass is 10.3. The van der Waals surface area contributed by atoms with Crippen molar-refractivity contribution in [3.63, 3.8) is 0 Å². The minimum absolute atomic E-state index is 0.255. The molecule has 2 aromatic heterocycles. The molecule has 6 heteroatoms. The molecule has 0 unspecified atom stereocenters. The van der Waals surface area contributed by atoms with Crippen LogP contribution in [-0.4, -0.2) is 20.4 Å². The second-order valence-corrected chi connectivity index (χ2v) is 2.91. The fraction of sp³-hybridized carbons (Fsp3) is 0. The van der Waals surface area contributed by atoms with Gasteiger partial charge in [0, 0.05) is 6.20 Å². The zero-order valence-electron chi connectivity index (χ0n) is 7.54. The Kier molecular flexibility index (Phi) is 1.89. The molecule has 0 atom stereocenters. The largest absolute Gasteiger partial charge is 0.493 e. The Labute approximate surface area is 83.6 Å². The van der Waals surface area contributed by atoms with E-state index in [4.69, 9.17) is 5.73 Å². The molecule has 0 spiro atoms. The molecular formula is C9H7N3O3. The van der Waals surface area contributed by atoms with Crippen molar-refractivity contribution in [3.8, 4) is 5.88 Å². The molecule has 6 nitrogen and oxygen atoms in total.